The molecular weight excluding hydrogens is 246 g/mol. The molecule has 2 heterocycles. The van der Waals surface area contributed by atoms with Crippen LogP contribution in [-0.2, 0) is 9.84 Å². The van der Waals surface area contributed by atoms with Crippen LogP contribution in [0.15, 0.2) is 18.5 Å². The minimum absolute atomic E-state index is 0.0203. The molecule has 1 aliphatic rings. The topological polar surface area (TPSA) is 102 Å². The third kappa shape index (κ3) is 2.70. The van der Waals surface area contributed by atoms with Gasteiger partial charge >= 0.3 is 5.69 Å². The van der Waals surface area contributed by atoms with Crippen molar-refractivity contribution in [3.63, 3.8) is 0 Å². The SMILES string of the molecule is O=[N+]([O-])c1cnccc1NC1CCS(=O)(=O)C1. The van der Waals surface area contributed by atoms with Crippen molar-refractivity contribution in [2.24, 2.45) is 0 Å². The molecule has 0 amide bonds. The van der Waals surface area contributed by atoms with Gasteiger partial charge in [-0.3, -0.25) is 15.1 Å². The van der Waals surface area contributed by atoms with Crippen LogP contribution in [0.3, 0.4) is 0 Å². The predicted molar refractivity (Wildman–Crippen MR) is 61.6 cm³/mol. The molecule has 1 atom stereocenters. The molecular formula is C9H11N3O4S. The number of nitrogens with zero attached hydrogens (tertiary/aromatic N) is 2. The van der Waals surface area contributed by atoms with Crippen molar-refractivity contribution in [3.05, 3.63) is 28.6 Å². The van der Waals surface area contributed by atoms with Gasteiger partial charge in [0, 0.05) is 12.2 Å². The van der Waals surface area contributed by atoms with E-state index in [2.05, 4.69) is 10.3 Å². The summed E-state index contributed by atoms with van der Waals surface area (Å²) in [5, 5.41) is 13.6. The Morgan fingerprint density at radius 2 is 2.29 bits per heavy atom. The van der Waals surface area contributed by atoms with Crippen LogP contribution in [0.5, 0.6) is 0 Å². The highest BCUT2D eigenvalue weighted by atomic mass is 32.2. The molecule has 0 bridgehead atoms. The summed E-state index contributed by atoms with van der Waals surface area (Å²) in [4.78, 5) is 13.9. The normalized spacial score (nSPS) is 22.2. The Kier molecular flexibility index (Phi) is 2.97. The molecule has 0 saturated carbocycles. The molecule has 0 radical (unpaired) electrons. The third-order valence-electron chi connectivity index (χ3n) is 2.59. The zero-order valence-corrected chi connectivity index (χ0v) is 9.68. The fourth-order valence-corrected chi connectivity index (χ4v) is 3.46. The fourth-order valence-electron chi connectivity index (χ4n) is 1.78. The van der Waals surface area contributed by atoms with Gasteiger partial charge in [0.1, 0.15) is 11.9 Å². The van der Waals surface area contributed by atoms with Crippen molar-refractivity contribution < 1.29 is 13.3 Å². The maximum absolute atomic E-state index is 11.3. The number of aromatic nitrogens is 1. The highest BCUT2D eigenvalue weighted by molar-refractivity contribution is 7.91. The zero-order chi connectivity index (χ0) is 12.5. The van der Waals surface area contributed by atoms with E-state index in [4.69, 9.17) is 0 Å². The van der Waals surface area contributed by atoms with E-state index < -0.39 is 14.8 Å². The summed E-state index contributed by atoms with van der Waals surface area (Å²) in [5.74, 6) is 0.149. The molecule has 0 spiro atoms. The van der Waals surface area contributed by atoms with E-state index in [0.717, 1.165) is 6.20 Å². The van der Waals surface area contributed by atoms with Crippen LogP contribution in [0, 0.1) is 10.1 Å². The average Bonchev–Trinajstić information content (AvgIpc) is 2.58. The second-order valence-electron chi connectivity index (χ2n) is 3.89. The molecule has 1 aromatic rings. The van der Waals surface area contributed by atoms with Crippen molar-refractivity contribution in [2.45, 2.75) is 12.5 Å². The zero-order valence-electron chi connectivity index (χ0n) is 8.87. The number of hydrogen-bond donors (Lipinski definition) is 1. The molecule has 17 heavy (non-hydrogen) atoms. The molecule has 7 nitrogen and oxygen atoms in total. The van der Waals surface area contributed by atoms with Crippen LogP contribution < -0.4 is 5.32 Å². The van der Waals surface area contributed by atoms with E-state index >= 15 is 0 Å². The van der Waals surface area contributed by atoms with Gasteiger partial charge in [0.2, 0.25) is 0 Å². The number of nitrogens with one attached hydrogen (secondary N) is 1. The first-order chi connectivity index (χ1) is 7.98. The van der Waals surface area contributed by atoms with Crippen molar-refractivity contribution >= 4 is 21.2 Å². The predicted octanol–water partition coefficient (Wildman–Crippen LogP) is 0.589. The lowest BCUT2D eigenvalue weighted by Crippen LogP contribution is -2.21. The highest BCUT2D eigenvalue weighted by Gasteiger charge is 2.29. The second kappa shape index (κ2) is 4.28. The quantitative estimate of drug-likeness (QED) is 0.628. The van der Waals surface area contributed by atoms with Gasteiger partial charge in [-0.05, 0) is 12.5 Å². The number of sulfone groups is 1. The van der Waals surface area contributed by atoms with Crippen LogP contribution in [0.25, 0.3) is 0 Å². The van der Waals surface area contributed by atoms with Crippen LogP contribution in [0.4, 0.5) is 11.4 Å². The van der Waals surface area contributed by atoms with E-state index in [1.165, 1.54) is 12.3 Å². The van der Waals surface area contributed by atoms with Gasteiger partial charge in [-0.1, -0.05) is 0 Å². The molecule has 0 aromatic carbocycles. The Bertz CT molecular complexity index is 543. The summed E-state index contributed by atoms with van der Waals surface area (Å²) in [6.45, 7) is 0. The molecule has 1 aliphatic heterocycles. The lowest BCUT2D eigenvalue weighted by Gasteiger charge is -2.11. The van der Waals surface area contributed by atoms with Gasteiger partial charge in [0.15, 0.2) is 9.84 Å². The molecule has 1 aromatic heterocycles. The summed E-state index contributed by atoms with van der Waals surface area (Å²) in [5.41, 5.74) is 0.170. The van der Waals surface area contributed by atoms with Crippen molar-refractivity contribution in [1.29, 1.82) is 0 Å². The van der Waals surface area contributed by atoms with Crippen molar-refractivity contribution in [1.82, 2.24) is 4.98 Å². The second-order valence-corrected chi connectivity index (χ2v) is 6.12. The summed E-state index contributed by atoms with van der Waals surface area (Å²) in [7, 11) is -3.00. The maximum Gasteiger partial charge on any atom is 0.310 e. The van der Waals surface area contributed by atoms with E-state index in [9.17, 15) is 18.5 Å². The van der Waals surface area contributed by atoms with Gasteiger partial charge in [0.25, 0.3) is 0 Å². The van der Waals surface area contributed by atoms with E-state index in [-0.39, 0.29) is 23.2 Å². The summed E-state index contributed by atoms with van der Waals surface area (Å²) in [6.07, 6.45) is 3.05. The first-order valence-corrected chi connectivity index (χ1v) is 6.85. The molecule has 92 valence electrons. The minimum Gasteiger partial charge on any atom is -0.376 e. The molecule has 1 fully saturated rings. The van der Waals surface area contributed by atoms with Gasteiger partial charge < -0.3 is 5.32 Å². The van der Waals surface area contributed by atoms with E-state index in [1.807, 2.05) is 0 Å². The largest absolute Gasteiger partial charge is 0.376 e. The number of pyridine rings is 1. The van der Waals surface area contributed by atoms with Crippen molar-refractivity contribution in [3.8, 4) is 0 Å². The summed E-state index contributed by atoms with van der Waals surface area (Å²) < 4.78 is 22.5. The monoisotopic (exact) mass is 257 g/mol. The summed E-state index contributed by atoms with van der Waals surface area (Å²) >= 11 is 0. The molecule has 0 aliphatic carbocycles. The number of anilines is 1. The fraction of sp³-hybridized carbons (Fsp3) is 0.444. The lowest BCUT2D eigenvalue weighted by atomic mass is 10.2. The number of rotatable bonds is 3. The third-order valence-corrected chi connectivity index (χ3v) is 4.36. The highest BCUT2D eigenvalue weighted by Crippen LogP contribution is 2.25. The Morgan fingerprint density at radius 3 is 2.88 bits per heavy atom. The first kappa shape index (κ1) is 11.8. The van der Waals surface area contributed by atoms with E-state index in [0.29, 0.717) is 12.1 Å². The number of nitro groups is 1. The average molecular weight is 257 g/mol. The van der Waals surface area contributed by atoms with Crippen LogP contribution in [0.2, 0.25) is 0 Å². The van der Waals surface area contributed by atoms with Gasteiger partial charge in [-0.2, -0.15) is 0 Å². The maximum atomic E-state index is 11.3. The Balaban J connectivity index is 2.17. The molecule has 1 unspecified atom stereocenters. The van der Waals surface area contributed by atoms with Crippen LogP contribution >= 0.6 is 0 Å². The number of hydrogen-bond acceptors (Lipinski definition) is 6. The lowest BCUT2D eigenvalue weighted by molar-refractivity contribution is -0.384. The minimum atomic E-state index is -3.00. The summed E-state index contributed by atoms with van der Waals surface area (Å²) in [6, 6.07) is 1.21. The molecule has 1 N–H and O–H groups in total. The van der Waals surface area contributed by atoms with Gasteiger partial charge in [-0.25, -0.2) is 8.42 Å². The van der Waals surface area contributed by atoms with Crippen LogP contribution in [0.1, 0.15) is 6.42 Å². The van der Waals surface area contributed by atoms with Crippen LogP contribution in [-0.4, -0.2) is 35.9 Å². The molecule has 8 heteroatoms. The first-order valence-electron chi connectivity index (χ1n) is 5.03. The smallest absolute Gasteiger partial charge is 0.310 e. The molecule has 1 saturated heterocycles. The van der Waals surface area contributed by atoms with Gasteiger partial charge in [0.05, 0.1) is 16.4 Å². The Hall–Kier alpha value is -1.70. The van der Waals surface area contributed by atoms with Crippen molar-refractivity contribution in [2.75, 3.05) is 16.8 Å². The Labute approximate surface area is 97.9 Å². The van der Waals surface area contributed by atoms with E-state index in [1.54, 1.807) is 0 Å². The Morgan fingerprint density at radius 1 is 1.53 bits per heavy atom. The standard InChI is InChI=1S/C9H11N3O4S/c13-12(14)9-5-10-3-1-8(9)11-7-2-4-17(15,16)6-7/h1,3,5,7H,2,4,6H2,(H,10,11). The van der Waals surface area contributed by atoms with Gasteiger partial charge in [-0.15, -0.1) is 0 Å². The molecule has 2 rings (SSSR count).